The molecular weight excluding hydrogens is 414 g/mol. The summed E-state index contributed by atoms with van der Waals surface area (Å²) >= 11 is 0. The van der Waals surface area contributed by atoms with Gasteiger partial charge in [-0.1, -0.05) is 31.4 Å². The van der Waals surface area contributed by atoms with E-state index in [1.807, 2.05) is 46.2 Å². The fourth-order valence-electron chi connectivity index (χ4n) is 4.81. The first-order valence-corrected chi connectivity index (χ1v) is 12.0. The Balaban J connectivity index is 1.66. The van der Waals surface area contributed by atoms with Crippen molar-refractivity contribution in [1.29, 1.82) is 0 Å². The SMILES string of the molecule is Cc1ccc(CNc2nc(NC(C)CC(C)(C)O)nc3c2ncn3C2CCCCC2)c(N)c1. The fourth-order valence-corrected chi connectivity index (χ4v) is 4.81. The summed E-state index contributed by atoms with van der Waals surface area (Å²) in [7, 11) is 0. The van der Waals surface area contributed by atoms with Gasteiger partial charge in [-0.25, -0.2) is 4.98 Å². The van der Waals surface area contributed by atoms with Gasteiger partial charge in [-0.15, -0.1) is 0 Å². The van der Waals surface area contributed by atoms with Crippen LogP contribution in [0.25, 0.3) is 11.2 Å². The second-order valence-corrected chi connectivity index (χ2v) is 10.1. The van der Waals surface area contributed by atoms with E-state index in [-0.39, 0.29) is 6.04 Å². The van der Waals surface area contributed by atoms with Crippen molar-refractivity contribution >= 4 is 28.6 Å². The Bertz CT molecular complexity index is 1100. The molecule has 178 valence electrons. The highest BCUT2D eigenvalue weighted by Gasteiger charge is 2.22. The van der Waals surface area contributed by atoms with E-state index in [0.29, 0.717) is 30.8 Å². The zero-order valence-electron chi connectivity index (χ0n) is 20.2. The van der Waals surface area contributed by atoms with Gasteiger partial charge in [0.25, 0.3) is 0 Å². The van der Waals surface area contributed by atoms with Crippen LogP contribution in [0.5, 0.6) is 0 Å². The Morgan fingerprint density at radius 2 is 1.97 bits per heavy atom. The number of rotatable bonds is 8. The molecule has 1 unspecified atom stereocenters. The van der Waals surface area contributed by atoms with Gasteiger partial charge in [0.2, 0.25) is 5.95 Å². The molecule has 0 aliphatic heterocycles. The van der Waals surface area contributed by atoms with Crippen molar-refractivity contribution in [2.45, 2.75) is 90.4 Å². The van der Waals surface area contributed by atoms with Crippen LogP contribution in [0.1, 0.15) is 76.5 Å². The number of benzene rings is 1. The van der Waals surface area contributed by atoms with Gasteiger partial charge in [0, 0.05) is 24.3 Å². The van der Waals surface area contributed by atoms with E-state index in [1.165, 1.54) is 19.3 Å². The summed E-state index contributed by atoms with van der Waals surface area (Å²) in [5, 5.41) is 17.0. The van der Waals surface area contributed by atoms with Crippen molar-refractivity contribution in [1.82, 2.24) is 19.5 Å². The summed E-state index contributed by atoms with van der Waals surface area (Å²) in [6.45, 7) is 8.24. The smallest absolute Gasteiger partial charge is 0.226 e. The maximum atomic E-state index is 10.2. The molecule has 1 aromatic carbocycles. The Morgan fingerprint density at radius 1 is 1.21 bits per heavy atom. The van der Waals surface area contributed by atoms with Crippen molar-refractivity contribution in [3.63, 3.8) is 0 Å². The predicted octanol–water partition coefficient (Wildman–Crippen LogP) is 4.80. The second kappa shape index (κ2) is 9.55. The fraction of sp³-hybridized carbons (Fsp3) is 0.560. The van der Waals surface area contributed by atoms with E-state index in [2.05, 4.69) is 21.3 Å². The normalized spacial score (nSPS) is 16.2. The van der Waals surface area contributed by atoms with Gasteiger partial charge in [-0.3, -0.25) is 0 Å². The third kappa shape index (κ3) is 5.74. The molecule has 8 nitrogen and oxygen atoms in total. The molecule has 0 saturated heterocycles. The minimum Gasteiger partial charge on any atom is -0.398 e. The molecule has 33 heavy (non-hydrogen) atoms. The van der Waals surface area contributed by atoms with Crippen LogP contribution in [0.2, 0.25) is 0 Å². The average molecular weight is 452 g/mol. The topological polar surface area (TPSA) is 114 Å². The summed E-state index contributed by atoms with van der Waals surface area (Å²) in [4.78, 5) is 14.3. The lowest BCUT2D eigenvalue weighted by Gasteiger charge is -2.24. The highest BCUT2D eigenvalue weighted by molar-refractivity contribution is 5.84. The van der Waals surface area contributed by atoms with Crippen molar-refractivity contribution in [3.8, 4) is 0 Å². The number of nitrogens with two attached hydrogens (primary N) is 1. The van der Waals surface area contributed by atoms with Crippen LogP contribution in [0.15, 0.2) is 24.5 Å². The number of hydrogen-bond acceptors (Lipinski definition) is 7. The van der Waals surface area contributed by atoms with Gasteiger partial charge in [0.1, 0.15) is 0 Å². The van der Waals surface area contributed by atoms with Gasteiger partial charge in [0.05, 0.1) is 11.9 Å². The van der Waals surface area contributed by atoms with Crippen LogP contribution in [0, 0.1) is 6.92 Å². The van der Waals surface area contributed by atoms with Crippen LogP contribution < -0.4 is 16.4 Å². The van der Waals surface area contributed by atoms with E-state index < -0.39 is 5.60 Å². The Kier molecular flexibility index (Phi) is 6.74. The third-order valence-electron chi connectivity index (χ3n) is 6.32. The molecule has 1 atom stereocenters. The van der Waals surface area contributed by atoms with Crippen LogP contribution in [-0.2, 0) is 6.54 Å². The summed E-state index contributed by atoms with van der Waals surface area (Å²) in [6.07, 6.45) is 8.56. The van der Waals surface area contributed by atoms with Gasteiger partial charge < -0.3 is 26.0 Å². The maximum absolute atomic E-state index is 10.2. The zero-order chi connectivity index (χ0) is 23.6. The molecule has 2 heterocycles. The van der Waals surface area contributed by atoms with E-state index in [0.717, 1.165) is 40.8 Å². The molecule has 2 aromatic heterocycles. The predicted molar refractivity (Wildman–Crippen MR) is 134 cm³/mol. The first-order chi connectivity index (χ1) is 15.7. The molecule has 3 aromatic rings. The maximum Gasteiger partial charge on any atom is 0.226 e. The van der Waals surface area contributed by atoms with E-state index in [9.17, 15) is 5.11 Å². The Hall–Kier alpha value is -2.87. The lowest BCUT2D eigenvalue weighted by atomic mass is 9.95. The number of aryl methyl sites for hydroxylation is 1. The first-order valence-electron chi connectivity index (χ1n) is 12.0. The highest BCUT2D eigenvalue weighted by atomic mass is 16.3. The van der Waals surface area contributed by atoms with Gasteiger partial charge in [0.15, 0.2) is 17.0 Å². The van der Waals surface area contributed by atoms with Crippen LogP contribution in [0.3, 0.4) is 0 Å². The van der Waals surface area contributed by atoms with Crippen LogP contribution >= 0.6 is 0 Å². The molecule has 0 amide bonds. The molecule has 8 heteroatoms. The van der Waals surface area contributed by atoms with Crippen molar-refractivity contribution in [3.05, 3.63) is 35.7 Å². The van der Waals surface area contributed by atoms with E-state index in [1.54, 1.807) is 0 Å². The molecule has 5 N–H and O–H groups in total. The van der Waals surface area contributed by atoms with Crippen LogP contribution in [-0.4, -0.2) is 36.3 Å². The van der Waals surface area contributed by atoms with E-state index >= 15 is 0 Å². The standard InChI is InChI=1S/C25H37N7O/c1-16-10-11-18(20(26)12-16)14-27-22-21-23(32(15-28-21)19-8-6-5-7-9-19)31-24(30-22)29-17(2)13-25(3,4)33/h10-12,15,17,19,33H,5-9,13-14,26H2,1-4H3,(H2,27,29,30,31). The number of fused-ring (bicyclic) bond motifs is 1. The Labute approximate surface area is 196 Å². The number of aromatic nitrogens is 4. The molecule has 1 saturated carbocycles. The number of nitrogens with one attached hydrogen (secondary N) is 2. The minimum atomic E-state index is -0.773. The lowest BCUT2D eigenvalue weighted by molar-refractivity contribution is 0.0672. The summed E-state index contributed by atoms with van der Waals surface area (Å²) in [6, 6.07) is 6.51. The molecule has 1 fully saturated rings. The van der Waals surface area contributed by atoms with Crippen molar-refractivity contribution in [2.75, 3.05) is 16.4 Å². The van der Waals surface area contributed by atoms with Crippen LogP contribution in [0.4, 0.5) is 17.5 Å². The number of nitrogen functional groups attached to an aromatic ring is 1. The number of imidazole rings is 1. The Morgan fingerprint density at radius 3 is 2.67 bits per heavy atom. The molecular formula is C25H37N7O. The quantitative estimate of drug-likeness (QED) is 0.364. The highest BCUT2D eigenvalue weighted by Crippen LogP contribution is 2.32. The first kappa shape index (κ1) is 23.3. The number of nitrogens with zero attached hydrogens (tertiary/aromatic N) is 4. The molecule has 0 radical (unpaired) electrons. The lowest BCUT2D eigenvalue weighted by Crippen LogP contribution is -2.29. The molecule has 0 bridgehead atoms. The number of anilines is 3. The molecule has 1 aliphatic rings. The second-order valence-electron chi connectivity index (χ2n) is 10.1. The number of hydrogen-bond donors (Lipinski definition) is 4. The average Bonchev–Trinajstić information content (AvgIpc) is 3.16. The zero-order valence-corrected chi connectivity index (χ0v) is 20.2. The number of aliphatic hydroxyl groups is 1. The molecule has 0 spiro atoms. The molecule has 4 rings (SSSR count). The summed E-state index contributed by atoms with van der Waals surface area (Å²) in [5.41, 5.74) is 9.98. The largest absolute Gasteiger partial charge is 0.398 e. The van der Waals surface area contributed by atoms with Gasteiger partial charge >= 0.3 is 0 Å². The van der Waals surface area contributed by atoms with Crippen molar-refractivity contribution < 1.29 is 5.11 Å². The van der Waals surface area contributed by atoms with Crippen molar-refractivity contribution in [2.24, 2.45) is 0 Å². The third-order valence-corrected chi connectivity index (χ3v) is 6.32. The minimum absolute atomic E-state index is 0.00842. The van der Waals surface area contributed by atoms with Gasteiger partial charge in [-0.05, 0) is 64.2 Å². The summed E-state index contributed by atoms with van der Waals surface area (Å²) in [5.74, 6) is 1.23. The van der Waals surface area contributed by atoms with Gasteiger partial charge in [-0.2, -0.15) is 9.97 Å². The molecule has 1 aliphatic carbocycles. The summed E-state index contributed by atoms with van der Waals surface area (Å²) < 4.78 is 2.22. The van der Waals surface area contributed by atoms with E-state index in [4.69, 9.17) is 20.7 Å². The monoisotopic (exact) mass is 451 g/mol.